The number of hydroxylamine groups is 2. The van der Waals surface area contributed by atoms with Crippen molar-refractivity contribution in [1.82, 2.24) is 5.06 Å². The fourth-order valence-corrected chi connectivity index (χ4v) is 1.96. The van der Waals surface area contributed by atoms with Crippen LogP contribution in [0.1, 0.15) is 38.8 Å². The molecule has 1 amide bonds. The highest BCUT2D eigenvalue weighted by atomic mass is 16.8. The molecule has 0 bridgehead atoms. The van der Waals surface area contributed by atoms with Gasteiger partial charge in [-0.25, -0.2) is 9.63 Å². The fraction of sp³-hybridized carbons (Fsp3) is 0.500. The Hall–Kier alpha value is -1.59. The van der Waals surface area contributed by atoms with Crippen LogP contribution in [0.4, 0.5) is 4.79 Å². The third-order valence-electron chi connectivity index (χ3n) is 2.70. The first-order valence-corrected chi connectivity index (χ1v) is 6.29. The number of hydrogen-bond donors (Lipinski definition) is 1. The molecule has 1 aromatic carbocycles. The van der Waals surface area contributed by atoms with Crippen LogP contribution in [0.25, 0.3) is 0 Å². The van der Waals surface area contributed by atoms with Crippen LogP contribution in [0.3, 0.4) is 0 Å². The largest absolute Gasteiger partial charge is 0.442 e. The van der Waals surface area contributed by atoms with E-state index in [1.54, 1.807) is 20.8 Å². The highest BCUT2D eigenvalue weighted by Crippen LogP contribution is 2.34. The molecule has 0 radical (unpaired) electrons. The lowest BCUT2D eigenvalue weighted by molar-refractivity contribution is -0.207. The third kappa shape index (κ3) is 3.45. The molecule has 19 heavy (non-hydrogen) atoms. The highest BCUT2D eigenvalue weighted by molar-refractivity contribution is 5.67. The normalized spacial score (nSPS) is 23.5. The monoisotopic (exact) mass is 265 g/mol. The summed E-state index contributed by atoms with van der Waals surface area (Å²) in [6.07, 6.45) is -1.24. The predicted molar refractivity (Wildman–Crippen MR) is 69.0 cm³/mol. The Bertz CT molecular complexity index is 441. The van der Waals surface area contributed by atoms with E-state index in [0.29, 0.717) is 6.42 Å². The van der Waals surface area contributed by atoms with Crippen LogP contribution in [-0.2, 0) is 9.57 Å². The Balaban J connectivity index is 2.16. The molecule has 104 valence electrons. The van der Waals surface area contributed by atoms with E-state index >= 15 is 0 Å². The molecule has 1 aromatic rings. The minimum absolute atomic E-state index is 0.328. The van der Waals surface area contributed by atoms with Crippen LogP contribution < -0.4 is 0 Å². The number of ether oxygens (including phenoxy) is 1. The molecular formula is C14H19NO4. The molecule has 0 spiro atoms. The van der Waals surface area contributed by atoms with Gasteiger partial charge in [0.2, 0.25) is 0 Å². The van der Waals surface area contributed by atoms with Crippen molar-refractivity contribution in [2.45, 2.75) is 45.1 Å². The van der Waals surface area contributed by atoms with Crippen molar-refractivity contribution < 1.29 is 19.5 Å². The maximum absolute atomic E-state index is 12.1. The molecule has 1 unspecified atom stereocenters. The standard InChI is InChI=1S/C14H19NO4/c1-14(2,3)18-13(17)15-11(9-12(16)19-15)10-7-5-4-6-8-10/h4-8,11-12,16H,9H2,1-3H3/t11?,12-/m0/s1. The van der Waals surface area contributed by atoms with Gasteiger partial charge in [0.15, 0.2) is 6.29 Å². The Morgan fingerprint density at radius 2 is 2.00 bits per heavy atom. The van der Waals surface area contributed by atoms with Gasteiger partial charge in [-0.3, -0.25) is 0 Å². The van der Waals surface area contributed by atoms with E-state index in [2.05, 4.69) is 0 Å². The van der Waals surface area contributed by atoms with Gasteiger partial charge in [-0.15, -0.1) is 0 Å². The molecule has 1 heterocycles. The fourth-order valence-electron chi connectivity index (χ4n) is 1.96. The van der Waals surface area contributed by atoms with E-state index in [0.717, 1.165) is 10.6 Å². The number of carbonyl (C=O) groups excluding carboxylic acids is 1. The quantitative estimate of drug-likeness (QED) is 0.848. The zero-order valence-corrected chi connectivity index (χ0v) is 11.4. The van der Waals surface area contributed by atoms with Gasteiger partial charge in [0, 0.05) is 6.42 Å². The number of benzene rings is 1. The second-order valence-electron chi connectivity index (χ2n) is 5.53. The summed E-state index contributed by atoms with van der Waals surface area (Å²) in [5, 5.41) is 10.7. The molecule has 0 saturated carbocycles. The molecule has 5 heteroatoms. The first-order valence-electron chi connectivity index (χ1n) is 6.29. The first-order chi connectivity index (χ1) is 8.87. The van der Waals surface area contributed by atoms with Gasteiger partial charge in [0.25, 0.3) is 0 Å². The summed E-state index contributed by atoms with van der Waals surface area (Å²) in [5.74, 6) is 0. The second kappa shape index (κ2) is 5.19. The Morgan fingerprint density at radius 1 is 1.37 bits per heavy atom. The van der Waals surface area contributed by atoms with Crippen molar-refractivity contribution in [2.75, 3.05) is 0 Å². The molecule has 1 fully saturated rings. The Labute approximate surface area is 112 Å². The lowest BCUT2D eigenvalue weighted by atomic mass is 10.0. The van der Waals surface area contributed by atoms with Gasteiger partial charge in [-0.1, -0.05) is 30.3 Å². The van der Waals surface area contributed by atoms with E-state index in [1.165, 1.54) is 0 Å². The number of hydrogen-bond acceptors (Lipinski definition) is 4. The van der Waals surface area contributed by atoms with E-state index in [-0.39, 0.29) is 6.04 Å². The minimum atomic E-state index is -0.988. The van der Waals surface area contributed by atoms with Gasteiger partial charge in [-0.05, 0) is 26.3 Å². The van der Waals surface area contributed by atoms with Gasteiger partial charge in [0.1, 0.15) is 5.60 Å². The summed E-state index contributed by atoms with van der Waals surface area (Å²) in [6, 6.07) is 9.12. The van der Waals surface area contributed by atoms with E-state index < -0.39 is 18.0 Å². The second-order valence-corrected chi connectivity index (χ2v) is 5.53. The van der Waals surface area contributed by atoms with E-state index in [9.17, 15) is 9.90 Å². The molecule has 0 aromatic heterocycles. The van der Waals surface area contributed by atoms with Crippen molar-refractivity contribution >= 4 is 6.09 Å². The van der Waals surface area contributed by atoms with Crippen LogP contribution in [0.15, 0.2) is 30.3 Å². The number of nitrogens with zero attached hydrogens (tertiary/aromatic N) is 1. The number of rotatable bonds is 1. The highest BCUT2D eigenvalue weighted by Gasteiger charge is 2.39. The molecule has 2 atom stereocenters. The Kier molecular flexibility index (Phi) is 3.78. The lowest BCUT2D eigenvalue weighted by Gasteiger charge is -2.26. The van der Waals surface area contributed by atoms with Gasteiger partial charge < -0.3 is 9.84 Å². The number of carbonyl (C=O) groups is 1. The van der Waals surface area contributed by atoms with Crippen LogP contribution >= 0.6 is 0 Å². The zero-order valence-electron chi connectivity index (χ0n) is 11.4. The molecule has 0 aliphatic carbocycles. The smallest absolute Gasteiger partial charge is 0.435 e. The van der Waals surface area contributed by atoms with Gasteiger partial charge >= 0.3 is 6.09 Å². The topological polar surface area (TPSA) is 59.0 Å². The van der Waals surface area contributed by atoms with Crippen molar-refractivity contribution in [1.29, 1.82) is 0 Å². The average Bonchev–Trinajstić information content (AvgIpc) is 2.70. The summed E-state index contributed by atoms with van der Waals surface area (Å²) in [5.41, 5.74) is 0.305. The van der Waals surface area contributed by atoms with Crippen molar-refractivity contribution in [3.05, 3.63) is 35.9 Å². The van der Waals surface area contributed by atoms with Crippen LogP contribution in [0.5, 0.6) is 0 Å². The van der Waals surface area contributed by atoms with E-state index in [4.69, 9.17) is 9.57 Å². The SMILES string of the molecule is CC(C)(C)OC(=O)N1O[C@H](O)CC1c1ccccc1. The summed E-state index contributed by atoms with van der Waals surface area (Å²) >= 11 is 0. The third-order valence-corrected chi connectivity index (χ3v) is 2.70. The molecule has 1 aliphatic rings. The van der Waals surface area contributed by atoms with Crippen molar-refractivity contribution in [3.8, 4) is 0 Å². The predicted octanol–water partition coefficient (Wildman–Crippen LogP) is 2.62. The number of amides is 1. The minimum Gasteiger partial charge on any atom is -0.442 e. The van der Waals surface area contributed by atoms with Crippen LogP contribution in [0.2, 0.25) is 0 Å². The molecular weight excluding hydrogens is 246 g/mol. The van der Waals surface area contributed by atoms with Crippen molar-refractivity contribution in [3.63, 3.8) is 0 Å². The summed E-state index contributed by atoms with van der Waals surface area (Å²) in [7, 11) is 0. The maximum atomic E-state index is 12.1. The first kappa shape index (κ1) is 13.8. The van der Waals surface area contributed by atoms with Crippen LogP contribution in [-0.4, -0.2) is 28.2 Å². The lowest BCUT2D eigenvalue weighted by Crippen LogP contribution is -2.36. The molecule has 1 aliphatic heterocycles. The zero-order chi connectivity index (χ0) is 14.0. The molecule has 1 saturated heterocycles. The summed E-state index contributed by atoms with van der Waals surface area (Å²) in [4.78, 5) is 17.2. The molecule has 1 N–H and O–H groups in total. The maximum Gasteiger partial charge on any atom is 0.435 e. The van der Waals surface area contributed by atoms with E-state index in [1.807, 2.05) is 30.3 Å². The van der Waals surface area contributed by atoms with Crippen LogP contribution in [0, 0.1) is 0 Å². The summed E-state index contributed by atoms with van der Waals surface area (Å²) < 4.78 is 5.27. The molecule has 2 rings (SSSR count). The number of aliphatic hydroxyl groups is 1. The van der Waals surface area contributed by atoms with Gasteiger partial charge in [0.05, 0.1) is 6.04 Å². The number of aliphatic hydroxyl groups excluding tert-OH is 1. The average molecular weight is 265 g/mol. The molecule has 5 nitrogen and oxygen atoms in total. The van der Waals surface area contributed by atoms with Gasteiger partial charge in [-0.2, -0.15) is 5.06 Å². The summed E-state index contributed by atoms with van der Waals surface area (Å²) in [6.45, 7) is 5.36. The van der Waals surface area contributed by atoms with Crippen molar-refractivity contribution in [2.24, 2.45) is 0 Å². The Morgan fingerprint density at radius 3 is 2.58 bits per heavy atom.